The maximum absolute atomic E-state index is 5.70. The van der Waals surface area contributed by atoms with Crippen molar-refractivity contribution >= 4 is 25.2 Å². The number of imidazole rings is 1. The van der Waals surface area contributed by atoms with Gasteiger partial charge in [-0.15, -0.1) is 0 Å². The van der Waals surface area contributed by atoms with Crippen molar-refractivity contribution in [3.05, 3.63) is 11.3 Å². The molecule has 0 fully saturated rings. The average Bonchev–Trinajstić information content (AvgIpc) is 1.98. The summed E-state index contributed by atoms with van der Waals surface area (Å²) in [7, 11) is 9.21. The summed E-state index contributed by atoms with van der Waals surface area (Å²) in [6.45, 7) is 0. The highest BCUT2D eigenvalue weighted by Gasteiger charge is 2.01. The van der Waals surface area contributed by atoms with E-state index in [1.54, 1.807) is 15.3 Å². The van der Waals surface area contributed by atoms with Gasteiger partial charge >= 0.3 is 0 Å². The Kier molecular flexibility index (Phi) is 1.53. The van der Waals surface area contributed by atoms with Crippen molar-refractivity contribution in [1.29, 1.82) is 0 Å². The largest absolute Gasteiger partial charge is 0.458 e. The SMILES string of the molecule is [B-]c1n(C)c(Cl)c[n+]1C. The summed E-state index contributed by atoms with van der Waals surface area (Å²) in [6, 6.07) is 0. The maximum atomic E-state index is 5.70. The Morgan fingerprint density at radius 3 is 2.44 bits per heavy atom. The van der Waals surface area contributed by atoms with Gasteiger partial charge in [-0.1, -0.05) is 0 Å². The minimum absolute atomic E-state index is 0.648. The van der Waals surface area contributed by atoms with Crippen LogP contribution in [0.25, 0.3) is 0 Å². The minimum atomic E-state index is 0.648. The second kappa shape index (κ2) is 2.07. The Hall–Kier alpha value is -0.435. The fraction of sp³-hybridized carbons (Fsp3) is 0.400. The summed E-state index contributed by atoms with van der Waals surface area (Å²) in [5.74, 6) is 0. The third-order valence-electron chi connectivity index (χ3n) is 1.33. The van der Waals surface area contributed by atoms with Crippen LogP contribution in [0.4, 0.5) is 0 Å². The predicted molar refractivity (Wildman–Crippen MR) is 37.0 cm³/mol. The lowest BCUT2D eigenvalue weighted by Gasteiger charge is -2.01. The van der Waals surface area contributed by atoms with Gasteiger partial charge in [-0.3, -0.25) is 9.13 Å². The van der Waals surface area contributed by atoms with Crippen molar-refractivity contribution in [3.8, 4) is 0 Å². The van der Waals surface area contributed by atoms with Gasteiger partial charge in [-0.25, -0.2) is 0 Å². The van der Waals surface area contributed by atoms with Crippen LogP contribution < -0.4 is 10.3 Å². The van der Waals surface area contributed by atoms with Crippen LogP contribution in [-0.4, -0.2) is 12.4 Å². The molecular weight excluding hydrogens is 134 g/mol. The van der Waals surface area contributed by atoms with Crippen LogP contribution in [-0.2, 0) is 14.1 Å². The number of aromatic nitrogens is 2. The lowest BCUT2D eigenvalue weighted by molar-refractivity contribution is -0.652. The van der Waals surface area contributed by atoms with Crippen LogP contribution in [0.2, 0.25) is 5.15 Å². The van der Waals surface area contributed by atoms with E-state index in [1.807, 2.05) is 14.1 Å². The number of halogens is 1. The lowest BCUT2D eigenvalue weighted by Crippen LogP contribution is -2.45. The van der Waals surface area contributed by atoms with Crippen LogP contribution in [0.5, 0.6) is 0 Å². The second-order valence-corrected chi connectivity index (χ2v) is 2.37. The van der Waals surface area contributed by atoms with Gasteiger partial charge < -0.3 is 7.85 Å². The average molecular weight is 141 g/mol. The summed E-state index contributed by atoms with van der Waals surface area (Å²) in [4.78, 5) is 0. The van der Waals surface area contributed by atoms with Crippen molar-refractivity contribution in [3.63, 3.8) is 0 Å². The minimum Gasteiger partial charge on any atom is -0.458 e. The molecule has 0 bridgehead atoms. The molecular formula is C5H7BClN2. The predicted octanol–water partition coefficient (Wildman–Crippen LogP) is -0.703. The summed E-state index contributed by atoms with van der Waals surface area (Å²) in [5.41, 5.74) is 0.653. The normalized spacial score (nSPS) is 10.2. The molecule has 0 atom stereocenters. The number of hydrogen-bond acceptors (Lipinski definition) is 0. The van der Waals surface area contributed by atoms with Crippen molar-refractivity contribution in [2.24, 2.45) is 14.1 Å². The molecule has 1 heterocycles. The van der Waals surface area contributed by atoms with Gasteiger partial charge in [0.2, 0.25) is 5.15 Å². The Morgan fingerprint density at radius 1 is 1.78 bits per heavy atom. The third kappa shape index (κ3) is 0.967. The molecule has 2 nitrogen and oxygen atoms in total. The quantitative estimate of drug-likeness (QED) is 0.334. The second-order valence-electron chi connectivity index (χ2n) is 1.98. The van der Waals surface area contributed by atoms with Crippen molar-refractivity contribution in [1.82, 2.24) is 4.57 Å². The monoisotopic (exact) mass is 141 g/mol. The van der Waals surface area contributed by atoms with E-state index in [0.29, 0.717) is 10.9 Å². The topological polar surface area (TPSA) is 8.81 Å². The van der Waals surface area contributed by atoms with Crippen LogP contribution in [0.3, 0.4) is 0 Å². The van der Waals surface area contributed by atoms with Gasteiger partial charge in [0.15, 0.2) is 0 Å². The van der Waals surface area contributed by atoms with Crippen LogP contribution >= 0.6 is 11.6 Å². The smallest absolute Gasteiger partial charge is 0.231 e. The Morgan fingerprint density at radius 2 is 2.33 bits per heavy atom. The molecule has 9 heavy (non-hydrogen) atoms. The van der Waals surface area contributed by atoms with E-state index >= 15 is 0 Å². The zero-order valence-electron chi connectivity index (χ0n) is 5.43. The van der Waals surface area contributed by atoms with E-state index in [0.717, 1.165) is 0 Å². The molecule has 0 aromatic carbocycles. The molecule has 4 heteroatoms. The molecule has 0 aliphatic heterocycles. The highest BCUT2D eigenvalue weighted by atomic mass is 35.5. The summed E-state index contributed by atoms with van der Waals surface area (Å²) in [6.07, 6.45) is 1.76. The van der Waals surface area contributed by atoms with E-state index in [4.69, 9.17) is 19.4 Å². The Bertz CT molecular complexity index is 209. The first kappa shape index (κ1) is 6.68. The van der Waals surface area contributed by atoms with Gasteiger partial charge in [-0.2, -0.15) is 0 Å². The van der Waals surface area contributed by atoms with Crippen LogP contribution in [0.1, 0.15) is 0 Å². The Labute approximate surface area is 60.5 Å². The summed E-state index contributed by atoms with van der Waals surface area (Å²) in [5, 5.41) is 0.648. The zero-order chi connectivity index (χ0) is 7.02. The van der Waals surface area contributed by atoms with Crippen molar-refractivity contribution in [2.45, 2.75) is 0 Å². The number of rotatable bonds is 0. The fourth-order valence-corrected chi connectivity index (χ4v) is 0.892. The van der Waals surface area contributed by atoms with E-state index in [9.17, 15) is 0 Å². The van der Waals surface area contributed by atoms with Gasteiger partial charge in [0.05, 0.1) is 14.1 Å². The Balaban J connectivity index is 3.29. The molecule has 3 radical (unpaired) electrons. The molecule has 0 aliphatic rings. The summed E-state index contributed by atoms with van der Waals surface area (Å²) < 4.78 is 3.48. The van der Waals surface area contributed by atoms with E-state index in [-0.39, 0.29) is 0 Å². The molecule has 0 aliphatic carbocycles. The molecule has 0 amide bonds. The number of hydrogen-bond donors (Lipinski definition) is 0. The van der Waals surface area contributed by atoms with Crippen LogP contribution in [0, 0.1) is 0 Å². The van der Waals surface area contributed by atoms with E-state index in [1.165, 1.54) is 0 Å². The maximum Gasteiger partial charge on any atom is 0.231 e. The molecule has 1 rings (SSSR count). The zero-order valence-corrected chi connectivity index (χ0v) is 6.18. The highest BCUT2D eigenvalue weighted by molar-refractivity contribution is 6.32. The van der Waals surface area contributed by atoms with Crippen molar-refractivity contribution < 1.29 is 4.57 Å². The molecule has 0 unspecified atom stereocenters. The van der Waals surface area contributed by atoms with Crippen molar-refractivity contribution in [2.75, 3.05) is 0 Å². The fourth-order valence-electron chi connectivity index (χ4n) is 0.659. The number of aryl methyl sites for hydroxylation is 1. The van der Waals surface area contributed by atoms with Gasteiger partial charge in [0, 0.05) is 0 Å². The molecule has 0 spiro atoms. The van der Waals surface area contributed by atoms with Gasteiger partial charge in [0.25, 0.3) is 0 Å². The lowest BCUT2D eigenvalue weighted by atomic mass is 10.1. The highest BCUT2D eigenvalue weighted by Crippen LogP contribution is 1.98. The molecule has 0 saturated heterocycles. The van der Waals surface area contributed by atoms with Crippen LogP contribution in [0.15, 0.2) is 6.20 Å². The van der Waals surface area contributed by atoms with Gasteiger partial charge in [-0.05, 0) is 17.3 Å². The molecule has 1 aromatic heterocycles. The third-order valence-corrected chi connectivity index (χ3v) is 1.68. The molecule has 0 N–H and O–H groups in total. The van der Waals surface area contributed by atoms with Gasteiger partial charge in [0.1, 0.15) is 6.20 Å². The van der Waals surface area contributed by atoms with E-state index < -0.39 is 0 Å². The first-order valence-corrected chi connectivity index (χ1v) is 2.97. The number of nitrogens with zero attached hydrogens (tertiary/aromatic N) is 2. The molecule has 1 aromatic rings. The first-order chi connectivity index (χ1) is 4.13. The van der Waals surface area contributed by atoms with E-state index in [2.05, 4.69) is 0 Å². The molecule has 0 saturated carbocycles. The standard InChI is InChI=1S/C5H7BClN2/c1-8-3-4(7)9(2)5(8)6/h3H,1-2H3. The first-order valence-electron chi connectivity index (χ1n) is 2.59. The molecule has 47 valence electrons. The summed E-state index contributed by atoms with van der Waals surface area (Å²) >= 11 is 5.70.